The summed E-state index contributed by atoms with van der Waals surface area (Å²) in [6.07, 6.45) is 0.857. The van der Waals surface area contributed by atoms with E-state index in [2.05, 4.69) is 0 Å². The predicted molar refractivity (Wildman–Crippen MR) is 81.8 cm³/mol. The van der Waals surface area contributed by atoms with Gasteiger partial charge in [0.05, 0.1) is 12.9 Å². The normalized spacial score (nSPS) is 17.7. The van der Waals surface area contributed by atoms with Crippen molar-refractivity contribution in [2.45, 2.75) is 6.42 Å². The summed E-state index contributed by atoms with van der Waals surface area (Å²) in [5, 5.41) is 0.891. The molecule has 126 valence electrons. The van der Waals surface area contributed by atoms with Crippen LogP contribution in [0.25, 0.3) is 0 Å². The third-order valence-electron chi connectivity index (χ3n) is 3.21. The zero-order valence-electron chi connectivity index (χ0n) is 12.6. The minimum absolute atomic E-state index is 0.0263. The molecule has 0 fully saturated rings. The summed E-state index contributed by atoms with van der Waals surface area (Å²) in [5.74, 6) is 0.00210. The van der Waals surface area contributed by atoms with Crippen LogP contribution >= 0.6 is 7.60 Å². The molecule has 0 aromatic heterocycles. The van der Waals surface area contributed by atoms with Crippen molar-refractivity contribution in [3.63, 3.8) is 0 Å². The van der Waals surface area contributed by atoms with Crippen LogP contribution < -0.4 is 10.5 Å². The van der Waals surface area contributed by atoms with Gasteiger partial charge in [-0.3, -0.25) is 9.36 Å². The van der Waals surface area contributed by atoms with Gasteiger partial charge in [-0.05, 0) is 30.2 Å². The largest absolute Gasteiger partial charge is 0.489 e. The second kappa shape index (κ2) is 7.23. The zero-order chi connectivity index (χ0) is 17.0. The Balaban J connectivity index is 2.11. The molecule has 9 heteroatoms. The number of hydrogen-bond acceptors (Lipinski definition) is 5. The molecule has 3 N–H and O–H groups in total. The van der Waals surface area contributed by atoms with E-state index >= 15 is 0 Å². The summed E-state index contributed by atoms with van der Waals surface area (Å²) in [6, 6.07) is 4.79. The average Bonchev–Trinajstić information content (AvgIpc) is 2.50. The monoisotopic (exact) mass is 344 g/mol. The highest BCUT2D eigenvalue weighted by Crippen LogP contribution is 2.39. The molecule has 0 saturated carbocycles. The highest BCUT2D eigenvalue weighted by molar-refractivity contribution is 7.51. The fraction of sp³-hybridized carbons (Fsp3) is 0.357. The number of nitrogens with two attached hydrogens (primary N) is 1. The number of halogens is 1. The minimum atomic E-state index is -3.80. The fourth-order valence-corrected chi connectivity index (χ4v) is 2.63. The van der Waals surface area contributed by atoms with Gasteiger partial charge in [-0.2, -0.15) is 4.62 Å². The number of hydroxylamine groups is 2. The van der Waals surface area contributed by atoms with Gasteiger partial charge in [0.2, 0.25) is 0 Å². The lowest BCUT2D eigenvalue weighted by molar-refractivity contribution is -0.0416. The topological polar surface area (TPSA) is 102 Å². The van der Waals surface area contributed by atoms with Gasteiger partial charge in [-0.25, -0.2) is 9.45 Å². The van der Waals surface area contributed by atoms with Crippen molar-refractivity contribution < 1.29 is 28.0 Å². The number of hydrogen-bond donors (Lipinski definition) is 2. The van der Waals surface area contributed by atoms with Crippen molar-refractivity contribution in [2.24, 2.45) is 5.73 Å². The van der Waals surface area contributed by atoms with Crippen LogP contribution in [0.2, 0.25) is 0 Å². The SMILES string of the molecule is CP(=O)(O)ON1CCc2cc(OC/C(=C/F)CN)ccc2C1=O. The average molecular weight is 344 g/mol. The standard InChI is InChI=1S/C14H18FN2O5P/c1-23(19,20)22-17-5-4-11-6-12(2-3-13(11)14(17)18)21-9-10(7-15)8-16/h2-3,6-7H,4-5,8-9,16H2,1H3,(H,19,20)/b10-7+. The van der Waals surface area contributed by atoms with Crippen molar-refractivity contribution in [1.29, 1.82) is 0 Å². The molecule has 1 heterocycles. The van der Waals surface area contributed by atoms with E-state index in [4.69, 9.17) is 15.1 Å². The quantitative estimate of drug-likeness (QED) is 0.761. The molecule has 1 aliphatic heterocycles. The van der Waals surface area contributed by atoms with Crippen molar-refractivity contribution in [3.05, 3.63) is 41.2 Å². The van der Waals surface area contributed by atoms with E-state index in [0.29, 0.717) is 29.6 Å². The number of rotatable bonds is 6. The van der Waals surface area contributed by atoms with Crippen molar-refractivity contribution in [3.8, 4) is 5.75 Å². The number of amides is 1. The molecule has 23 heavy (non-hydrogen) atoms. The molecule has 0 spiro atoms. The van der Waals surface area contributed by atoms with E-state index in [1.165, 1.54) is 0 Å². The Bertz CT molecular complexity index is 673. The van der Waals surface area contributed by atoms with Gasteiger partial charge < -0.3 is 15.4 Å². The van der Waals surface area contributed by atoms with Crippen LogP contribution in [0.3, 0.4) is 0 Å². The summed E-state index contributed by atoms with van der Waals surface area (Å²) >= 11 is 0. The lowest BCUT2D eigenvalue weighted by atomic mass is 10.00. The molecule has 1 amide bonds. The maximum absolute atomic E-state index is 12.4. The molecular weight excluding hydrogens is 326 g/mol. The van der Waals surface area contributed by atoms with Gasteiger partial charge in [0.25, 0.3) is 5.91 Å². The molecule has 0 aliphatic carbocycles. The van der Waals surface area contributed by atoms with E-state index in [1.807, 2.05) is 0 Å². The van der Waals surface area contributed by atoms with Crippen molar-refractivity contribution in [2.75, 3.05) is 26.4 Å². The van der Waals surface area contributed by atoms with Crippen LogP contribution in [-0.2, 0) is 15.6 Å². The first-order valence-corrected chi connectivity index (χ1v) is 8.92. The van der Waals surface area contributed by atoms with Gasteiger partial charge >= 0.3 is 7.60 Å². The Morgan fingerprint density at radius 1 is 1.57 bits per heavy atom. The first-order chi connectivity index (χ1) is 10.8. The number of nitrogens with zero attached hydrogens (tertiary/aromatic N) is 1. The van der Waals surface area contributed by atoms with E-state index in [9.17, 15) is 18.6 Å². The fourth-order valence-electron chi connectivity index (χ4n) is 2.11. The maximum atomic E-state index is 12.4. The van der Waals surface area contributed by atoms with E-state index in [-0.39, 0.29) is 19.7 Å². The zero-order valence-corrected chi connectivity index (χ0v) is 13.5. The lowest BCUT2D eigenvalue weighted by Crippen LogP contribution is -2.36. The van der Waals surface area contributed by atoms with E-state index < -0.39 is 13.5 Å². The summed E-state index contributed by atoms with van der Waals surface area (Å²) in [7, 11) is -3.80. The molecule has 7 nitrogen and oxygen atoms in total. The predicted octanol–water partition coefficient (Wildman–Crippen LogP) is 1.62. The highest BCUT2D eigenvalue weighted by atomic mass is 31.2. The summed E-state index contributed by atoms with van der Waals surface area (Å²) in [5.41, 5.74) is 6.77. The molecule has 1 aliphatic rings. The van der Waals surface area contributed by atoms with Gasteiger partial charge in [0.15, 0.2) is 0 Å². The Morgan fingerprint density at radius 2 is 2.30 bits per heavy atom. The third-order valence-corrected chi connectivity index (χ3v) is 3.71. The third kappa shape index (κ3) is 4.62. The molecule has 0 radical (unpaired) electrons. The molecular formula is C14H18FN2O5P. The molecule has 0 bridgehead atoms. The van der Waals surface area contributed by atoms with Crippen LogP contribution in [0.4, 0.5) is 4.39 Å². The van der Waals surface area contributed by atoms with Crippen molar-refractivity contribution in [1.82, 2.24) is 5.06 Å². The van der Waals surface area contributed by atoms with E-state index in [0.717, 1.165) is 17.3 Å². The number of carbonyl (C=O) groups excluding carboxylic acids is 1. The Labute approximate surface area is 133 Å². The Morgan fingerprint density at radius 3 is 2.91 bits per heavy atom. The minimum Gasteiger partial charge on any atom is -0.489 e. The van der Waals surface area contributed by atoms with Crippen LogP contribution in [0.1, 0.15) is 15.9 Å². The number of carbonyl (C=O) groups is 1. The second-order valence-electron chi connectivity index (χ2n) is 5.12. The van der Waals surface area contributed by atoms with Gasteiger partial charge in [-0.1, -0.05) is 0 Å². The first-order valence-electron chi connectivity index (χ1n) is 6.90. The Kier molecular flexibility index (Phi) is 5.54. The van der Waals surface area contributed by atoms with Crippen molar-refractivity contribution >= 4 is 13.5 Å². The van der Waals surface area contributed by atoms with Crippen LogP contribution in [0.5, 0.6) is 5.75 Å². The van der Waals surface area contributed by atoms with Gasteiger partial charge in [0, 0.05) is 24.3 Å². The molecule has 0 saturated heterocycles. The first kappa shape index (κ1) is 17.6. The number of fused-ring (bicyclic) bond motifs is 1. The van der Waals surface area contributed by atoms with E-state index in [1.54, 1.807) is 18.2 Å². The second-order valence-corrected chi connectivity index (χ2v) is 6.89. The molecule has 1 atom stereocenters. The highest BCUT2D eigenvalue weighted by Gasteiger charge is 2.29. The van der Waals surface area contributed by atoms with Crippen LogP contribution in [0.15, 0.2) is 30.1 Å². The van der Waals surface area contributed by atoms with Crippen LogP contribution in [-0.4, -0.2) is 42.2 Å². The summed E-state index contributed by atoms with van der Waals surface area (Å²) < 4.78 is 33.9. The molecule has 1 aromatic rings. The number of ether oxygens (including phenoxy) is 1. The Hall–Kier alpha value is -1.73. The van der Waals surface area contributed by atoms with Gasteiger partial charge in [-0.15, -0.1) is 0 Å². The van der Waals surface area contributed by atoms with Crippen LogP contribution in [0, 0.1) is 0 Å². The molecule has 1 aromatic carbocycles. The smallest absolute Gasteiger partial charge is 0.346 e. The maximum Gasteiger partial charge on any atom is 0.346 e. The summed E-state index contributed by atoms with van der Waals surface area (Å²) in [4.78, 5) is 21.4. The van der Waals surface area contributed by atoms with Gasteiger partial charge in [0.1, 0.15) is 12.4 Å². The number of benzene rings is 1. The molecule has 2 rings (SSSR count). The lowest BCUT2D eigenvalue weighted by Gasteiger charge is -2.28. The molecule has 1 unspecified atom stereocenters. The summed E-state index contributed by atoms with van der Waals surface area (Å²) in [6.45, 7) is 1.26.